The van der Waals surface area contributed by atoms with Crippen molar-refractivity contribution >= 4 is 21.6 Å². The Labute approximate surface area is 151 Å². The minimum Gasteiger partial charge on any atom is -0.484 e. The highest BCUT2D eigenvalue weighted by Crippen LogP contribution is 2.33. The third kappa shape index (κ3) is 3.54. The van der Waals surface area contributed by atoms with Gasteiger partial charge in [-0.05, 0) is 61.4 Å². The first-order valence-electron chi connectivity index (χ1n) is 7.90. The first-order chi connectivity index (χ1) is 12.3. The summed E-state index contributed by atoms with van der Waals surface area (Å²) < 4.78 is 28.5. The number of carbonyl (C=O) groups is 1. The van der Waals surface area contributed by atoms with Crippen LogP contribution in [0.15, 0.2) is 47.4 Å². The van der Waals surface area contributed by atoms with E-state index in [2.05, 4.69) is 0 Å². The van der Waals surface area contributed by atoms with E-state index in [1.54, 1.807) is 35.2 Å². The Morgan fingerprint density at radius 2 is 2.00 bits per heavy atom. The molecule has 2 aromatic carbocycles. The van der Waals surface area contributed by atoms with E-state index in [0.717, 1.165) is 5.56 Å². The van der Waals surface area contributed by atoms with Crippen molar-refractivity contribution in [3.8, 4) is 11.8 Å². The monoisotopic (exact) mass is 371 g/mol. The van der Waals surface area contributed by atoms with Gasteiger partial charge >= 0.3 is 0 Å². The number of nitriles is 1. The molecule has 0 spiro atoms. The zero-order valence-corrected chi connectivity index (χ0v) is 14.9. The highest BCUT2D eigenvalue weighted by atomic mass is 32.2. The third-order valence-corrected chi connectivity index (χ3v) is 5.12. The van der Waals surface area contributed by atoms with Crippen LogP contribution in [0.5, 0.6) is 5.75 Å². The summed E-state index contributed by atoms with van der Waals surface area (Å²) in [6, 6.07) is 12.9. The summed E-state index contributed by atoms with van der Waals surface area (Å²) in [5.41, 5.74) is 1.94. The summed E-state index contributed by atoms with van der Waals surface area (Å²) in [5, 5.41) is 13.9. The third-order valence-electron chi connectivity index (χ3n) is 4.21. The molecule has 0 aliphatic carbocycles. The van der Waals surface area contributed by atoms with Gasteiger partial charge in [-0.1, -0.05) is 0 Å². The van der Waals surface area contributed by atoms with Crippen molar-refractivity contribution in [1.82, 2.24) is 0 Å². The molecule has 2 aromatic rings. The number of anilines is 1. The summed E-state index contributed by atoms with van der Waals surface area (Å²) in [6.07, 6.45) is 0.543. The minimum atomic E-state index is -3.78. The zero-order valence-electron chi connectivity index (χ0n) is 14.0. The standard InChI is InChI=1S/C18H17N3O4S/c1-12-8-14-9-16(26(20,23)24)6-7-17(14)21(12)18(22)11-25-15-4-2-13(10-19)3-5-15/h2-7,9,12H,8,11H2,1H3,(H2,20,23,24). The number of sulfonamides is 1. The number of benzene rings is 2. The number of primary sulfonamides is 1. The van der Waals surface area contributed by atoms with Crippen molar-refractivity contribution in [3.63, 3.8) is 0 Å². The van der Waals surface area contributed by atoms with Gasteiger partial charge in [-0.3, -0.25) is 4.79 Å². The number of nitrogens with two attached hydrogens (primary N) is 1. The number of carbonyl (C=O) groups excluding carboxylic acids is 1. The smallest absolute Gasteiger partial charge is 0.265 e. The summed E-state index contributed by atoms with van der Waals surface area (Å²) in [4.78, 5) is 14.2. The number of ether oxygens (including phenoxy) is 1. The van der Waals surface area contributed by atoms with Crippen LogP contribution >= 0.6 is 0 Å². The molecule has 134 valence electrons. The number of hydrogen-bond acceptors (Lipinski definition) is 5. The van der Waals surface area contributed by atoms with Crippen LogP contribution in [0.2, 0.25) is 0 Å². The SMILES string of the molecule is CC1Cc2cc(S(N)(=O)=O)ccc2N1C(=O)COc1ccc(C#N)cc1. The molecule has 1 unspecified atom stereocenters. The molecule has 0 aromatic heterocycles. The molecule has 7 nitrogen and oxygen atoms in total. The zero-order chi connectivity index (χ0) is 18.9. The van der Waals surface area contributed by atoms with E-state index in [4.69, 9.17) is 15.1 Å². The molecule has 1 amide bonds. The number of nitrogens with zero attached hydrogens (tertiary/aromatic N) is 2. The summed E-state index contributed by atoms with van der Waals surface area (Å²) in [5.74, 6) is 0.262. The van der Waals surface area contributed by atoms with Crippen LogP contribution in [-0.2, 0) is 21.2 Å². The van der Waals surface area contributed by atoms with Gasteiger partial charge in [0.25, 0.3) is 5.91 Å². The molecule has 1 aliphatic rings. The molecule has 0 bridgehead atoms. The lowest BCUT2D eigenvalue weighted by Crippen LogP contribution is -2.39. The van der Waals surface area contributed by atoms with Gasteiger partial charge in [0.2, 0.25) is 10.0 Å². The van der Waals surface area contributed by atoms with Crippen LogP contribution in [0, 0.1) is 11.3 Å². The molecular weight excluding hydrogens is 354 g/mol. The number of fused-ring (bicyclic) bond motifs is 1. The van der Waals surface area contributed by atoms with E-state index in [0.29, 0.717) is 23.4 Å². The van der Waals surface area contributed by atoms with Crippen molar-refractivity contribution in [2.45, 2.75) is 24.3 Å². The fourth-order valence-corrected chi connectivity index (χ4v) is 3.57. The maximum atomic E-state index is 12.6. The predicted molar refractivity (Wildman–Crippen MR) is 95.1 cm³/mol. The van der Waals surface area contributed by atoms with Crippen molar-refractivity contribution < 1.29 is 17.9 Å². The summed E-state index contributed by atoms with van der Waals surface area (Å²) in [7, 11) is -3.78. The lowest BCUT2D eigenvalue weighted by Gasteiger charge is -2.22. The molecule has 0 saturated heterocycles. The van der Waals surface area contributed by atoms with Gasteiger partial charge in [-0.2, -0.15) is 5.26 Å². The maximum absolute atomic E-state index is 12.6. The van der Waals surface area contributed by atoms with Gasteiger partial charge < -0.3 is 9.64 Å². The van der Waals surface area contributed by atoms with Crippen LogP contribution in [0.25, 0.3) is 0 Å². The summed E-state index contributed by atoms with van der Waals surface area (Å²) >= 11 is 0. The second-order valence-electron chi connectivity index (χ2n) is 6.08. The Balaban J connectivity index is 1.75. The van der Waals surface area contributed by atoms with Gasteiger partial charge in [0, 0.05) is 11.7 Å². The molecule has 8 heteroatoms. The minimum absolute atomic E-state index is 0.0339. The fourth-order valence-electron chi connectivity index (χ4n) is 3.00. The number of amides is 1. The largest absolute Gasteiger partial charge is 0.484 e. The second-order valence-corrected chi connectivity index (χ2v) is 7.64. The Hall–Kier alpha value is -2.89. The van der Waals surface area contributed by atoms with Gasteiger partial charge in [-0.25, -0.2) is 13.6 Å². The molecule has 26 heavy (non-hydrogen) atoms. The lowest BCUT2D eigenvalue weighted by molar-refractivity contribution is -0.120. The number of hydrogen-bond donors (Lipinski definition) is 1. The van der Waals surface area contributed by atoms with E-state index in [1.807, 2.05) is 13.0 Å². The maximum Gasteiger partial charge on any atom is 0.265 e. The molecule has 0 radical (unpaired) electrons. The average Bonchev–Trinajstić information content (AvgIpc) is 2.94. The van der Waals surface area contributed by atoms with E-state index in [1.165, 1.54) is 12.1 Å². The van der Waals surface area contributed by atoms with Gasteiger partial charge in [0.1, 0.15) is 5.75 Å². The molecule has 0 saturated carbocycles. The van der Waals surface area contributed by atoms with Crippen LogP contribution in [0.4, 0.5) is 5.69 Å². The van der Waals surface area contributed by atoms with Crippen molar-refractivity contribution in [3.05, 3.63) is 53.6 Å². The molecule has 1 aliphatic heterocycles. The van der Waals surface area contributed by atoms with Gasteiger partial charge in [-0.15, -0.1) is 0 Å². The molecule has 0 fully saturated rings. The second kappa shape index (κ2) is 6.78. The van der Waals surface area contributed by atoms with E-state index in [9.17, 15) is 13.2 Å². The van der Waals surface area contributed by atoms with E-state index in [-0.39, 0.29) is 23.5 Å². The molecule has 3 rings (SSSR count). The van der Waals surface area contributed by atoms with Crippen molar-refractivity contribution in [2.24, 2.45) is 5.14 Å². The van der Waals surface area contributed by atoms with Crippen molar-refractivity contribution in [1.29, 1.82) is 5.26 Å². The van der Waals surface area contributed by atoms with Crippen molar-refractivity contribution in [2.75, 3.05) is 11.5 Å². The first-order valence-corrected chi connectivity index (χ1v) is 9.45. The molecule has 2 N–H and O–H groups in total. The summed E-state index contributed by atoms with van der Waals surface area (Å²) in [6.45, 7) is 1.73. The van der Waals surface area contributed by atoms with Crippen LogP contribution < -0.4 is 14.8 Å². The van der Waals surface area contributed by atoms with E-state index < -0.39 is 10.0 Å². The van der Waals surface area contributed by atoms with E-state index >= 15 is 0 Å². The Kier molecular flexibility index (Phi) is 4.68. The quantitative estimate of drug-likeness (QED) is 0.876. The predicted octanol–water partition coefficient (Wildman–Crippen LogP) is 1.56. The normalized spacial score (nSPS) is 16.0. The average molecular weight is 371 g/mol. The Bertz CT molecular complexity index is 994. The Morgan fingerprint density at radius 1 is 1.31 bits per heavy atom. The lowest BCUT2D eigenvalue weighted by atomic mass is 10.1. The van der Waals surface area contributed by atoms with Crippen LogP contribution in [0.1, 0.15) is 18.1 Å². The highest BCUT2D eigenvalue weighted by molar-refractivity contribution is 7.89. The fraction of sp³-hybridized carbons (Fsp3) is 0.222. The van der Waals surface area contributed by atoms with Gasteiger partial charge in [0.15, 0.2) is 6.61 Å². The molecule has 1 atom stereocenters. The number of rotatable bonds is 4. The van der Waals surface area contributed by atoms with Crippen LogP contribution in [0.3, 0.4) is 0 Å². The molecular formula is C18H17N3O4S. The highest BCUT2D eigenvalue weighted by Gasteiger charge is 2.31. The molecule has 1 heterocycles. The topological polar surface area (TPSA) is 113 Å². The first kappa shape index (κ1) is 17.9. The Morgan fingerprint density at radius 3 is 2.62 bits per heavy atom. The van der Waals surface area contributed by atoms with Gasteiger partial charge in [0.05, 0.1) is 16.5 Å². The van der Waals surface area contributed by atoms with Crippen LogP contribution in [-0.4, -0.2) is 27.0 Å².